The van der Waals surface area contributed by atoms with E-state index in [2.05, 4.69) is 15.6 Å². The summed E-state index contributed by atoms with van der Waals surface area (Å²) >= 11 is 0. The van der Waals surface area contributed by atoms with Crippen molar-refractivity contribution in [2.24, 2.45) is 0 Å². The fourth-order valence-electron chi connectivity index (χ4n) is 3.79. The highest BCUT2D eigenvalue weighted by atomic mass is 32.2. The molecule has 0 fully saturated rings. The van der Waals surface area contributed by atoms with Crippen molar-refractivity contribution in [3.63, 3.8) is 0 Å². The summed E-state index contributed by atoms with van der Waals surface area (Å²) in [5.41, 5.74) is 1.58. The van der Waals surface area contributed by atoms with Crippen LogP contribution in [-0.4, -0.2) is 50.7 Å². The molecule has 3 aromatic rings. The molecule has 0 bridgehead atoms. The topological polar surface area (TPSA) is 127 Å². The number of amides is 2. The molecule has 11 heteroatoms. The minimum atomic E-state index is -3.86. The van der Waals surface area contributed by atoms with Gasteiger partial charge in [0.1, 0.15) is 19.3 Å². The number of pyridine rings is 1. The standard InChI is InChI=1S/C25H26N4O6S/c1-17(29(36(2,32)33)19-9-10-22-23(14-19)35-13-12-34-22)24(30)28-21-8-4-3-7-20(21)25(31)27-16-18-6-5-11-26-15-18/h3-11,14-15,17H,12-13,16H2,1-2H3,(H,27,31)(H,28,30)/t17-/m0/s1. The van der Waals surface area contributed by atoms with E-state index in [0.717, 1.165) is 16.1 Å². The first-order valence-corrected chi connectivity index (χ1v) is 13.0. The number of carbonyl (C=O) groups is 2. The Bertz CT molecular complexity index is 1360. The Kier molecular flexibility index (Phi) is 7.39. The van der Waals surface area contributed by atoms with Crippen LogP contribution >= 0.6 is 0 Å². The van der Waals surface area contributed by atoms with Crippen LogP contribution in [0.1, 0.15) is 22.8 Å². The molecule has 0 saturated heterocycles. The van der Waals surface area contributed by atoms with Crippen molar-refractivity contribution in [2.75, 3.05) is 29.1 Å². The Hall–Kier alpha value is -4.12. The van der Waals surface area contributed by atoms with Crippen LogP contribution in [0.25, 0.3) is 0 Å². The number of para-hydroxylation sites is 1. The lowest BCUT2D eigenvalue weighted by atomic mass is 10.1. The number of benzene rings is 2. The van der Waals surface area contributed by atoms with Gasteiger partial charge < -0.3 is 20.1 Å². The number of hydrogen-bond acceptors (Lipinski definition) is 7. The SMILES string of the molecule is C[C@@H](C(=O)Nc1ccccc1C(=O)NCc1cccnc1)N(c1ccc2c(c1)OCCO2)S(C)(=O)=O. The van der Waals surface area contributed by atoms with Crippen molar-refractivity contribution in [1.82, 2.24) is 10.3 Å². The van der Waals surface area contributed by atoms with Gasteiger partial charge in [0.05, 0.1) is 23.2 Å². The van der Waals surface area contributed by atoms with Gasteiger partial charge in [-0.3, -0.25) is 18.9 Å². The molecule has 36 heavy (non-hydrogen) atoms. The molecule has 2 heterocycles. The van der Waals surface area contributed by atoms with Crippen LogP contribution in [-0.2, 0) is 21.4 Å². The Morgan fingerprint density at radius 2 is 1.81 bits per heavy atom. The second-order valence-electron chi connectivity index (χ2n) is 8.14. The summed E-state index contributed by atoms with van der Waals surface area (Å²) in [4.78, 5) is 30.0. The number of anilines is 2. The van der Waals surface area contributed by atoms with Crippen LogP contribution in [0.15, 0.2) is 67.0 Å². The largest absolute Gasteiger partial charge is 0.486 e. The molecule has 2 N–H and O–H groups in total. The molecule has 1 aliphatic rings. The number of rotatable bonds is 8. The van der Waals surface area contributed by atoms with Crippen LogP contribution in [0.2, 0.25) is 0 Å². The van der Waals surface area contributed by atoms with Gasteiger partial charge in [0.25, 0.3) is 5.91 Å². The Morgan fingerprint density at radius 1 is 1.06 bits per heavy atom. The van der Waals surface area contributed by atoms with E-state index in [4.69, 9.17) is 9.47 Å². The number of nitrogens with zero attached hydrogens (tertiary/aromatic N) is 2. The van der Waals surface area contributed by atoms with Gasteiger partial charge in [-0.1, -0.05) is 18.2 Å². The minimum absolute atomic E-state index is 0.243. The molecule has 0 spiro atoms. The zero-order valence-electron chi connectivity index (χ0n) is 19.8. The molecule has 4 rings (SSSR count). The number of hydrogen-bond donors (Lipinski definition) is 2. The number of aromatic nitrogens is 1. The predicted molar refractivity (Wildman–Crippen MR) is 135 cm³/mol. The smallest absolute Gasteiger partial charge is 0.253 e. The maximum absolute atomic E-state index is 13.2. The third-order valence-corrected chi connectivity index (χ3v) is 6.72. The van der Waals surface area contributed by atoms with Crippen LogP contribution in [0, 0.1) is 0 Å². The summed E-state index contributed by atoms with van der Waals surface area (Å²) in [7, 11) is -3.86. The molecule has 0 aliphatic carbocycles. The average Bonchev–Trinajstić information content (AvgIpc) is 2.87. The molecular formula is C25H26N4O6S. The van der Waals surface area contributed by atoms with E-state index >= 15 is 0 Å². The monoisotopic (exact) mass is 510 g/mol. The lowest BCUT2D eigenvalue weighted by molar-refractivity contribution is -0.116. The van der Waals surface area contributed by atoms with Crippen molar-refractivity contribution in [1.29, 1.82) is 0 Å². The molecule has 1 aliphatic heterocycles. The van der Waals surface area contributed by atoms with E-state index < -0.39 is 27.9 Å². The Morgan fingerprint density at radius 3 is 2.53 bits per heavy atom. The lowest BCUT2D eigenvalue weighted by Crippen LogP contribution is -2.45. The second-order valence-corrected chi connectivity index (χ2v) is 10.0. The van der Waals surface area contributed by atoms with Gasteiger partial charge in [-0.15, -0.1) is 0 Å². The van der Waals surface area contributed by atoms with E-state index in [1.165, 1.54) is 13.0 Å². The predicted octanol–water partition coefficient (Wildman–Crippen LogP) is 2.58. The number of nitrogens with one attached hydrogen (secondary N) is 2. The molecule has 188 valence electrons. The van der Waals surface area contributed by atoms with E-state index in [1.54, 1.807) is 54.9 Å². The third kappa shape index (κ3) is 5.74. The van der Waals surface area contributed by atoms with Gasteiger partial charge in [0.2, 0.25) is 15.9 Å². The van der Waals surface area contributed by atoms with Crippen LogP contribution < -0.4 is 24.4 Å². The van der Waals surface area contributed by atoms with Gasteiger partial charge in [-0.25, -0.2) is 8.42 Å². The fourth-order valence-corrected chi connectivity index (χ4v) is 4.95. The van der Waals surface area contributed by atoms with Crippen molar-refractivity contribution < 1.29 is 27.5 Å². The van der Waals surface area contributed by atoms with Gasteiger partial charge in [-0.05, 0) is 42.8 Å². The van der Waals surface area contributed by atoms with Gasteiger partial charge in [0.15, 0.2) is 11.5 Å². The first-order valence-electron chi connectivity index (χ1n) is 11.2. The highest BCUT2D eigenvalue weighted by Gasteiger charge is 2.31. The van der Waals surface area contributed by atoms with Crippen LogP contribution in [0.3, 0.4) is 0 Å². The molecule has 10 nitrogen and oxygen atoms in total. The summed E-state index contributed by atoms with van der Waals surface area (Å²) in [6.07, 6.45) is 4.31. The lowest BCUT2D eigenvalue weighted by Gasteiger charge is -2.29. The van der Waals surface area contributed by atoms with Gasteiger partial charge >= 0.3 is 0 Å². The van der Waals surface area contributed by atoms with Crippen molar-refractivity contribution in [3.05, 3.63) is 78.1 Å². The zero-order chi connectivity index (χ0) is 25.7. The van der Waals surface area contributed by atoms with Crippen molar-refractivity contribution in [2.45, 2.75) is 19.5 Å². The van der Waals surface area contributed by atoms with Crippen LogP contribution in [0.4, 0.5) is 11.4 Å². The molecule has 2 aromatic carbocycles. The number of carbonyl (C=O) groups excluding carboxylic acids is 2. The average molecular weight is 511 g/mol. The van der Waals surface area contributed by atoms with E-state index in [-0.39, 0.29) is 23.5 Å². The summed E-state index contributed by atoms with van der Waals surface area (Å²) in [5.74, 6) is -0.102. The number of fused-ring (bicyclic) bond motifs is 1. The summed E-state index contributed by atoms with van der Waals surface area (Å²) in [6, 6.07) is 13.7. The maximum Gasteiger partial charge on any atom is 0.253 e. The molecular weight excluding hydrogens is 484 g/mol. The molecule has 0 radical (unpaired) electrons. The maximum atomic E-state index is 13.2. The minimum Gasteiger partial charge on any atom is -0.486 e. The van der Waals surface area contributed by atoms with Gasteiger partial charge in [-0.2, -0.15) is 0 Å². The van der Waals surface area contributed by atoms with E-state index in [1.807, 2.05) is 6.07 Å². The Labute approximate surface area is 209 Å². The number of ether oxygens (including phenoxy) is 2. The quantitative estimate of drug-likeness (QED) is 0.477. The van der Waals surface area contributed by atoms with E-state index in [0.29, 0.717) is 24.7 Å². The molecule has 2 amide bonds. The summed E-state index contributed by atoms with van der Waals surface area (Å²) < 4.78 is 37.5. The van der Waals surface area contributed by atoms with Crippen molar-refractivity contribution >= 4 is 33.2 Å². The van der Waals surface area contributed by atoms with Crippen LogP contribution in [0.5, 0.6) is 11.5 Å². The first kappa shape index (κ1) is 25.0. The molecule has 1 aromatic heterocycles. The molecule has 0 saturated carbocycles. The highest BCUT2D eigenvalue weighted by molar-refractivity contribution is 7.92. The molecule has 0 unspecified atom stereocenters. The van der Waals surface area contributed by atoms with Gasteiger partial charge in [0, 0.05) is 25.0 Å². The zero-order valence-corrected chi connectivity index (χ0v) is 20.6. The highest BCUT2D eigenvalue weighted by Crippen LogP contribution is 2.35. The second kappa shape index (κ2) is 10.6. The summed E-state index contributed by atoms with van der Waals surface area (Å²) in [5, 5.41) is 5.50. The van der Waals surface area contributed by atoms with E-state index in [9.17, 15) is 18.0 Å². The van der Waals surface area contributed by atoms with Crippen molar-refractivity contribution in [3.8, 4) is 11.5 Å². The number of sulfonamides is 1. The Balaban J connectivity index is 1.53. The fraction of sp³-hybridized carbons (Fsp3) is 0.240. The normalized spacial score (nSPS) is 13.4. The first-order chi connectivity index (χ1) is 17.2. The third-order valence-electron chi connectivity index (χ3n) is 5.47. The summed E-state index contributed by atoms with van der Waals surface area (Å²) in [6.45, 7) is 2.47. The molecule has 1 atom stereocenters.